The predicted molar refractivity (Wildman–Crippen MR) is 79.4 cm³/mol. The summed E-state index contributed by atoms with van der Waals surface area (Å²) in [5.74, 6) is -2.80. The standard InChI is InChI=1S/C16H17ClO5/c1-3-21-14(19)16(15(20)22-4-2)12(9-18)13(16)10-5-7-11(17)8-6-10/h5-9,12-13H,3-4H2,1-2H3/t12-,13-/m1/s1. The highest BCUT2D eigenvalue weighted by Crippen LogP contribution is 2.65. The Balaban J connectivity index is 2.43. The van der Waals surface area contributed by atoms with Crippen LogP contribution in [-0.2, 0) is 23.9 Å². The Morgan fingerprint density at radius 3 is 2.05 bits per heavy atom. The number of benzene rings is 1. The summed E-state index contributed by atoms with van der Waals surface area (Å²) in [5.41, 5.74) is -0.899. The summed E-state index contributed by atoms with van der Waals surface area (Å²) in [5, 5.41) is 0.532. The Hall–Kier alpha value is -1.88. The highest BCUT2D eigenvalue weighted by atomic mass is 35.5. The van der Waals surface area contributed by atoms with E-state index in [2.05, 4.69) is 0 Å². The number of halogens is 1. The molecular weight excluding hydrogens is 308 g/mol. The van der Waals surface area contributed by atoms with E-state index in [4.69, 9.17) is 21.1 Å². The van der Waals surface area contributed by atoms with Crippen LogP contribution in [0.5, 0.6) is 0 Å². The van der Waals surface area contributed by atoms with E-state index in [1.807, 2.05) is 0 Å². The molecule has 118 valence electrons. The van der Waals surface area contributed by atoms with Gasteiger partial charge in [-0.25, -0.2) is 0 Å². The molecule has 0 saturated heterocycles. The quantitative estimate of drug-likeness (QED) is 0.456. The average Bonchev–Trinajstić information content (AvgIpc) is 3.18. The molecule has 2 rings (SSSR count). The lowest BCUT2D eigenvalue weighted by Gasteiger charge is -2.15. The highest BCUT2D eigenvalue weighted by molar-refractivity contribution is 6.30. The summed E-state index contributed by atoms with van der Waals surface area (Å²) in [6.45, 7) is 3.54. The number of hydrogen-bond acceptors (Lipinski definition) is 5. The third kappa shape index (κ3) is 2.50. The van der Waals surface area contributed by atoms with Crippen LogP contribution in [0.25, 0.3) is 0 Å². The molecule has 1 aromatic carbocycles. The zero-order valence-corrected chi connectivity index (χ0v) is 13.1. The molecule has 1 aliphatic rings. The summed E-state index contributed by atoms with van der Waals surface area (Å²) in [7, 11) is 0. The number of rotatable bonds is 6. The van der Waals surface area contributed by atoms with Gasteiger partial charge in [-0.3, -0.25) is 9.59 Å². The van der Waals surface area contributed by atoms with E-state index < -0.39 is 29.2 Å². The van der Waals surface area contributed by atoms with Crippen LogP contribution in [0.15, 0.2) is 24.3 Å². The van der Waals surface area contributed by atoms with Crippen LogP contribution in [0.3, 0.4) is 0 Å². The maximum Gasteiger partial charge on any atom is 0.324 e. The molecule has 1 fully saturated rings. The van der Waals surface area contributed by atoms with Gasteiger partial charge in [-0.05, 0) is 31.5 Å². The van der Waals surface area contributed by atoms with E-state index in [-0.39, 0.29) is 13.2 Å². The Labute approximate surface area is 133 Å². The summed E-state index contributed by atoms with van der Waals surface area (Å²) in [6.07, 6.45) is 0.618. The molecule has 0 spiro atoms. The topological polar surface area (TPSA) is 69.7 Å². The first-order valence-electron chi connectivity index (χ1n) is 7.09. The Bertz CT molecular complexity index is 563. The van der Waals surface area contributed by atoms with Gasteiger partial charge in [-0.15, -0.1) is 0 Å². The highest BCUT2D eigenvalue weighted by Gasteiger charge is 2.77. The van der Waals surface area contributed by atoms with Crippen molar-refractivity contribution in [3.05, 3.63) is 34.9 Å². The normalized spacial score (nSPS) is 21.8. The number of ether oxygens (including phenoxy) is 2. The second kappa shape index (κ2) is 6.48. The van der Waals surface area contributed by atoms with Gasteiger partial charge in [0.1, 0.15) is 6.29 Å². The fourth-order valence-corrected chi connectivity index (χ4v) is 2.98. The second-order valence-electron chi connectivity index (χ2n) is 5.00. The lowest BCUT2D eigenvalue weighted by atomic mass is 9.99. The van der Waals surface area contributed by atoms with Crippen molar-refractivity contribution >= 4 is 29.8 Å². The van der Waals surface area contributed by atoms with E-state index in [0.717, 1.165) is 0 Å². The minimum absolute atomic E-state index is 0.124. The zero-order valence-electron chi connectivity index (χ0n) is 12.4. The molecular formula is C16H17ClO5. The number of carbonyl (C=O) groups excluding carboxylic acids is 3. The third-order valence-electron chi connectivity index (χ3n) is 3.87. The van der Waals surface area contributed by atoms with Gasteiger partial charge in [-0.1, -0.05) is 23.7 Å². The van der Waals surface area contributed by atoms with E-state index in [0.29, 0.717) is 16.9 Å². The minimum Gasteiger partial charge on any atom is -0.465 e. The lowest BCUT2D eigenvalue weighted by molar-refractivity contribution is -0.165. The second-order valence-corrected chi connectivity index (χ2v) is 5.44. The first-order valence-corrected chi connectivity index (χ1v) is 7.46. The van der Waals surface area contributed by atoms with Gasteiger partial charge in [0.15, 0.2) is 5.41 Å². The predicted octanol–water partition coefficient (Wildman–Crippen LogP) is 2.36. The smallest absolute Gasteiger partial charge is 0.324 e. The van der Waals surface area contributed by atoms with E-state index in [1.54, 1.807) is 38.1 Å². The molecule has 5 nitrogen and oxygen atoms in total. The largest absolute Gasteiger partial charge is 0.465 e. The number of carbonyl (C=O) groups is 3. The van der Waals surface area contributed by atoms with Gasteiger partial charge in [0.2, 0.25) is 0 Å². The van der Waals surface area contributed by atoms with Crippen LogP contribution < -0.4 is 0 Å². The molecule has 0 bridgehead atoms. The van der Waals surface area contributed by atoms with Crippen molar-refractivity contribution in [1.29, 1.82) is 0 Å². The molecule has 22 heavy (non-hydrogen) atoms. The van der Waals surface area contributed by atoms with Crippen LogP contribution in [0.2, 0.25) is 5.02 Å². The number of hydrogen-bond donors (Lipinski definition) is 0. The monoisotopic (exact) mass is 324 g/mol. The average molecular weight is 325 g/mol. The van der Waals surface area contributed by atoms with E-state index in [1.165, 1.54) is 0 Å². The Kier molecular flexibility index (Phi) is 4.86. The van der Waals surface area contributed by atoms with Crippen molar-refractivity contribution in [1.82, 2.24) is 0 Å². The molecule has 0 radical (unpaired) electrons. The van der Waals surface area contributed by atoms with Gasteiger partial charge in [0.05, 0.1) is 19.1 Å². The van der Waals surface area contributed by atoms with Gasteiger partial charge in [0, 0.05) is 10.9 Å². The van der Waals surface area contributed by atoms with Crippen LogP contribution in [0, 0.1) is 11.3 Å². The van der Waals surface area contributed by atoms with Gasteiger partial charge in [0.25, 0.3) is 0 Å². The van der Waals surface area contributed by atoms with Crippen molar-refractivity contribution in [3.63, 3.8) is 0 Å². The molecule has 6 heteroatoms. The summed E-state index contributed by atoms with van der Waals surface area (Å²) >= 11 is 5.85. The SMILES string of the molecule is CCOC(=O)C1(C(=O)OCC)[C@H](C=O)[C@H]1c1ccc(Cl)cc1. The van der Waals surface area contributed by atoms with Crippen molar-refractivity contribution < 1.29 is 23.9 Å². The maximum atomic E-state index is 12.4. The van der Waals surface area contributed by atoms with Crippen LogP contribution >= 0.6 is 11.6 Å². The first-order chi connectivity index (χ1) is 10.5. The fourth-order valence-electron chi connectivity index (χ4n) is 2.85. The number of aldehydes is 1. The molecule has 0 aromatic heterocycles. The Morgan fingerprint density at radius 1 is 1.14 bits per heavy atom. The van der Waals surface area contributed by atoms with Crippen molar-refractivity contribution in [3.8, 4) is 0 Å². The lowest BCUT2D eigenvalue weighted by Crippen LogP contribution is -2.33. The first kappa shape index (κ1) is 16.5. The number of esters is 2. The van der Waals surface area contributed by atoms with Crippen molar-refractivity contribution in [2.45, 2.75) is 19.8 Å². The maximum absolute atomic E-state index is 12.4. The molecule has 0 unspecified atom stereocenters. The van der Waals surface area contributed by atoms with Crippen LogP contribution in [-0.4, -0.2) is 31.4 Å². The molecule has 0 amide bonds. The summed E-state index contributed by atoms with van der Waals surface area (Å²) in [6, 6.07) is 6.70. The molecule has 0 aliphatic heterocycles. The zero-order chi connectivity index (χ0) is 16.3. The van der Waals surface area contributed by atoms with Crippen molar-refractivity contribution in [2.24, 2.45) is 11.3 Å². The Morgan fingerprint density at radius 2 is 1.64 bits per heavy atom. The van der Waals surface area contributed by atoms with E-state index >= 15 is 0 Å². The summed E-state index contributed by atoms with van der Waals surface area (Å²) in [4.78, 5) is 36.1. The van der Waals surface area contributed by atoms with Crippen LogP contribution in [0.4, 0.5) is 0 Å². The van der Waals surface area contributed by atoms with Crippen LogP contribution in [0.1, 0.15) is 25.3 Å². The molecule has 1 saturated carbocycles. The third-order valence-corrected chi connectivity index (χ3v) is 4.12. The van der Waals surface area contributed by atoms with E-state index in [9.17, 15) is 14.4 Å². The van der Waals surface area contributed by atoms with Gasteiger partial charge < -0.3 is 14.3 Å². The minimum atomic E-state index is -1.58. The fraction of sp³-hybridized carbons (Fsp3) is 0.438. The van der Waals surface area contributed by atoms with Crippen molar-refractivity contribution in [2.75, 3.05) is 13.2 Å². The molecule has 0 N–H and O–H groups in total. The molecule has 0 heterocycles. The van der Waals surface area contributed by atoms with Gasteiger partial charge in [-0.2, -0.15) is 0 Å². The molecule has 1 aliphatic carbocycles. The summed E-state index contributed by atoms with van der Waals surface area (Å²) < 4.78 is 10.0. The molecule has 1 aromatic rings. The van der Waals surface area contributed by atoms with Gasteiger partial charge >= 0.3 is 11.9 Å². The molecule has 2 atom stereocenters.